The van der Waals surface area contributed by atoms with Gasteiger partial charge in [-0.15, -0.1) is 0 Å². The molecule has 0 radical (unpaired) electrons. The fourth-order valence-corrected chi connectivity index (χ4v) is 2.39. The number of nitrogens with one attached hydrogen (secondary N) is 1. The monoisotopic (exact) mass is 259 g/mol. The highest BCUT2D eigenvalue weighted by molar-refractivity contribution is 5.94. The zero-order valence-corrected chi connectivity index (χ0v) is 10.1. The van der Waals surface area contributed by atoms with E-state index in [1.165, 1.54) is 0 Å². The molecule has 0 saturated heterocycles. The summed E-state index contributed by atoms with van der Waals surface area (Å²) in [6.07, 6.45) is 0.695. The highest BCUT2D eigenvalue weighted by atomic mass is 16.5. The lowest BCUT2D eigenvalue weighted by Crippen LogP contribution is -2.21. The molecule has 3 rings (SSSR count). The van der Waals surface area contributed by atoms with Gasteiger partial charge < -0.3 is 15.6 Å². The van der Waals surface area contributed by atoms with Crippen molar-refractivity contribution in [3.05, 3.63) is 41.1 Å². The molecule has 98 valence electrons. The molecule has 2 heterocycles. The number of para-hydroxylation sites is 1. The van der Waals surface area contributed by atoms with Crippen molar-refractivity contribution in [2.24, 2.45) is 0 Å². The number of hydrogen-bond acceptors (Lipinski definition) is 4. The van der Waals surface area contributed by atoms with Gasteiger partial charge in [0, 0.05) is 5.92 Å². The number of ether oxygens (including phenoxy) is 1. The zero-order chi connectivity index (χ0) is 13.4. The minimum Gasteiger partial charge on any atom is -0.493 e. The molecule has 19 heavy (non-hydrogen) atoms. The van der Waals surface area contributed by atoms with Crippen LogP contribution in [-0.2, 0) is 6.42 Å². The van der Waals surface area contributed by atoms with Gasteiger partial charge in [-0.2, -0.15) is 5.10 Å². The Labute approximate surface area is 109 Å². The smallest absolute Gasteiger partial charge is 0.341 e. The summed E-state index contributed by atoms with van der Waals surface area (Å²) in [5.74, 6) is -0.241. The molecule has 1 aliphatic heterocycles. The van der Waals surface area contributed by atoms with Crippen LogP contribution in [0.15, 0.2) is 24.3 Å². The SMILES string of the molecule is Nc1[nH]nc(C2COc3ccccc3C2)c1C(=O)O. The van der Waals surface area contributed by atoms with Crippen LogP contribution >= 0.6 is 0 Å². The number of nitrogen functional groups attached to an aromatic ring is 1. The second kappa shape index (κ2) is 4.31. The summed E-state index contributed by atoms with van der Waals surface area (Å²) in [6.45, 7) is 0.404. The van der Waals surface area contributed by atoms with Crippen LogP contribution in [0.1, 0.15) is 27.5 Å². The van der Waals surface area contributed by atoms with E-state index in [-0.39, 0.29) is 17.3 Å². The summed E-state index contributed by atoms with van der Waals surface area (Å²) in [5, 5.41) is 15.7. The highest BCUT2D eigenvalue weighted by Gasteiger charge is 2.29. The quantitative estimate of drug-likeness (QED) is 0.756. The van der Waals surface area contributed by atoms with Crippen molar-refractivity contribution >= 4 is 11.8 Å². The Bertz CT molecular complexity index is 636. The maximum atomic E-state index is 11.2. The number of rotatable bonds is 2. The van der Waals surface area contributed by atoms with E-state index in [0.29, 0.717) is 18.7 Å². The maximum absolute atomic E-state index is 11.2. The van der Waals surface area contributed by atoms with Crippen LogP contribution in [0.5, 0.6) is 5.75 Å². The van der Waals surface area contributed by atoms with Crippen molar-refractivity contribution in [2.45, 2.75) is 12.3 Å². The molecule has 1 atom stereocenters. The zero-order valence-electron chi connectivity index (χ0n) is 10.1. The third-order valence-corrected chi connectivity index (χ3v) is 3.30. The first-order chi connectivity index (χ1) is 9.16. The van der Waals surface area contributed by atoms with Crippen molar-refractivity contribution in [3.63, 3.8) is 0 Å². The topological polar surface area (TPSA) is 101 Å². The van der Waals surface area contributed by atoms with Gasteiger partial charge in [-0.05, 0) is 18.1 Å². The van der Waals surface area contributed by atoms with Crippen LogP contribution in [0.2, 0.25) is 0 Å². The van der Waals surface area contributed by atoms with Gasteiger partial charge in [-0.3, -0.25) is 5.10 Å². The van der Waals surface area contributed by atoms with Crippen LogP contribution in [0.3, 0.4) is 0 Å². The van der Waals surface area contributed by atoms with Gasteiger partial charge in [0.25, 0.3) is 0 Å². The van der Waals surface area contributed by atoms with E-state index in [2.05, 4.69) is 10.2 Å². The van der Waals surface area contributed by atoms with Crippen LogP contribution in [-0.4, -0.2) is 27.9 Å². The van der Waals surface area contributed by atoms with Gasteiger partial charge in [-0.1, -0.05) is 18.2 Å². The van der Waals surface area contributed by atoms with Crippen LogP contribution in [0, 0.1) is 0 Å². The number of anilines is 1. The summed E-state index contributed by atoms with van der Waals surface area (Å²) >= 11 is 0. The molecule has 4 N–H and O–H groups in total. The minimum absolute atomic E-state index is 0.0491. The molecular formula is C13H13N3O3. The molecule has 0 saturated carbocycles. The van der Waals surface area contributed by atoms with E-state index in [4.69, 9.17) is 10.5 Å². The molecule has 2 aromatic rings. The molecular weight excluding hydrogens is 246 g/mol. The van der Waals surface area contributed by atoms with Crippen molar-refractivity contribution < 1.29 is 14.6 Å². The number of carboxylic acid groups (broad SMARTS) is 1. The molecule has 0 spiro atoms. The number of nitrogens with two attached hydrogens (primary N) is 1. The molecule has 0 amide bonds. The number of aromatic amines is 1. The van der Waals surface area contributed by atoms with Crippen molar-refractivity contribution in [1.29, 1.82) is 0 Å². The molecule has 0 fully saturated rings. The average Bonchev–Trinajstić information content (AvgIpc) is 2.80. The number of aromatic nitrogens is 2. The van der Waals surface area contributed by atoms with E-state index >= 15 is 0 Å². The standard InChI is InChI=1S/C13H13N3O3/c14-12-10(13(17)18)11(15-16-12)8-5-7-3-1-2-4-9(7)19-6-8/h1-4,8H,5-6H2,(H,17,18)(H3,14,15,16). The summed E-state index contributed by atoms with van der Waals surface area (Å²) < 4.78 is 5.65. The number of benzene rings is 1. The number of nitrogens with zero attached hydrogens (tertiary/aromatic N) is 1. The number of aromatic carboxylic acids is 1. The van der Waals surface area contributed by atoms with E-state index < -0.39 is 5.97 Å². The fraction of sp³-hybridized carbons (Fsp3) is 0.231. The number of hydrogen-bond donors (Lipinski definition) is 3. The van der Waals surface area contributed by atoms with Gasteiger partial charge in [0.2, 0.25) is 0 Å². The van der Waals surface area contributed by atoms with Crippen molar-refractivity contribution in [1.82, 2.24) is 10.2 Å². The summed E-state index contributed by atoms with van der Waals surface area (Å²) in [7, 11) is 0. The van der Waals surface area contributed by atoms with E-state index in [0.717, 1.165) is 11.3 Å². The Morgan fingerprint density at radius 1 is 1.47 bits per heavy atom. The average molecular weight is 259 g/mol. The third kappa shape index (κ3) is 1.91. The largest absolute Gasteiger partial charge is 0.493 e. The summed E-state index contributed by atoms with van der Waals surface area (Å²) in [5.41, 5.74) is 7.16. The molecule has 1 aromatic carbocycles. The van der Waals surface area contributed by atoms with Gasteiger partial charge in [0.15, 0.2) is 0 Å². The van der Waals surface area contributed by atoms with E-state index in [1.807, 2.05) is 24.3 Å². The lowest BCUT2D eigenvalue weighted by molar-refractivity contribution is 0.0695. The first kappa shape index (κ1) is 11.6. The predicted octanol–water partition coefficient (Wildman–Crippen LogP) is 1.41. The van der Waals surface area contributed by atoms with Crippen molar-refractivity contribution in [2.75, 3.05) is 12.3 Å². The van der Waals surface area contributed by atoms with Crippen LogP contribution in [0.4, 0.5) is 5.82 Å². The molecule has 6 nitrogen and oxygen atoms in total. The lowest BCUT2D eigenvalue weighted by Gasteiger charge is -2.24. The first-order valence-electron chi connectivity index (χ1n) is 5.94. The molecule has 1 unspecified atom stereocenters. The summed E-state index contributed by atoms with van der Waals surface area (Å²) in [4.78, 5) is 11.2. The minimum atomic E-state index is -1.07. The molecule has 6 heteroatoms. The summed E-state index contributed by atoms with van der Waals surface area (Å²) in [6, 6.07) is 7.72. The van der Waals surface area contributed by atoms with Gasteiger partial charge in [-0.25, -0.2) is 4.79 Å². The number of carbonyl (C=O) groups is 1. The predicted molar refractivity (Wildman–Crippen MR) is 68.3 cm³/mol. The maximum Gasteiger partial charge on any atom is 0.341 e. The third-order valence-electron chi connectivity index (χ3n) is 3.30. The second-order valence-corrected chi connectivity index (χ2v) is 4.52. The van der Waals surface area contributed by atoms with Crippen molar-refractivity contribution in [3.8, 4) is 5.75 Å². The number of fused-ring (bicyclic) bond motifs is 1. The Morgan fingerprint density at radius 3 is 3.05 bits per heavy atom. The van der Waals surface area contributed by atoms with Gasteiger partial charge in [0.05, 0.1) is 12.3 Å². The second-order valence-electron chi connectivity index (χ2n) is 4.52. The fourth-order valence-electron chi connectivity index (χ4n) is 2.39. The molecule has 1 aliphatic rings. The Hall–Kier alpha value is -2.50. The van der Waals surface area contributed by atoms with Gasteiger partial charge in [0.1, 0.15) is 17.1 Å². The molecule has 0 bridgehead atoms. The number of H-pyrrole nitrogens is 1. The van der Waals surface area contributed by atoms with Crippen LogP contribution in [0.25, 0.3) is 0 Å². The highest BCUT2D eigenvalue weighted by Crippen LogP contribution is 2.33. The normalized spacial score (nSPS) is 17.6. The Morgan fingerprint density at radius 2 is 2.26 bits per heavy atom. The molecule has 0 aliphatic carbocycles. The van der Waals surface area contributed by atoms with Gasteiger partial charge >= 0.3 is 5.97 Å². The molecule has 1 aromatic heterocycles. The lowest BCUT2D eigenvalue weighted by atomic mass is 9.92. The Kier molecular flexibility index (Phi) is 2.63. The first-order valence-corrected chi connectivity index (χ1v) is 5.94. The Balaban J connectivity index is 1.96. The number of carboxylic acids is 1. The van der Waals surface area contributed by atoms with E-state index in [9.17, 15) is 9.90 Å². The van der Waals surface area contributed by atoms with E-state index in [1.54, 1.807) is 0 Å². The van der Waals surface area contributed by atoms with Crippen LogP contribution < -0.4 is 10.5 Å².